The molecule has 1 rings (SSSR count). The van der Waals surface area contributed by atoms with Gasteiger partial charge in [0.25, 0.3) is 0 Å². The summed E-state index contributed by atoms with van der Waals surface area (Å²) < 4.78 is 22.1. The van der Waals surface area contributed by atoms with Crippen LogP contribution in [0.3, 0.4) is 0 Å². The molecule has 15 heavy (non-hydrogen) atoms. The van der Waals surface area contributed by atoms with E-state index in [0.717, 1.165) is 4.90 Å². The van der Waals surface area contributed by atoms with Crippen molar-refractivity contribution in [3.8, 4) is 0 Å². The molecule has 0 aliphatic carbocycles. The monoisotopic (exact) mass is 246 g/mol. The van der Waals surface area contributed by atoms with Crippen LogP contribution in [0.15, 0.2) is 28.0 Å². The maximum absolute atomic E-state index is 11.0. The van der Waals surface area contributed by atoms with Crippen molar-refractivity contribution >= 4 is 27.5 Å². The normalized spacial score (nSPS) is 12.0. The highest BCUT2D eigenvalue weighted by Gasteiger charge is 2.10. The minimum atomic E-state index is -3.66. The first-order chi connectivity index (χ1) is 6.80. The Hall–Kier alpha value is -0.720. The van der Waals surface area contributed by atoms with Gasteiger partial charge in [-0.25, -0.2) is 13.6 Å². The molecule has 0 saturated heterocycles. The van der Waals surface area contributed by atoms with Gasteiger partial charge in [0, 0.05) is 15.8 Å². The fourth-order valence-electron chi connectivity index (χ4n) is 1.06. The molecule has 6 heteroatoms. The fraction of sp³-hybridized carbons (Fsp3) is 0.333. The van der Waals surface area contributed by atoms with E-state index in [2.05, 4.69) is 0 Å². The molecule has 0 saturated carbocycles. The van der Waals surface area contributed by atoms with Crippen molar-refractivity contribution < 1.29 is 8.42 Å². The van der Waals surface area contributed by atoms with E-state index in [-0.39, 0.29) is 4.90 Å². The zero-order valence-electron chi connectivity index (χ0n) is 8.60. The first-order valence-electron chi connectivity index (χ1n) is 4.39. The predicted molar refractivity (Wildman–Crippen MR) is 63.2 cm³/mol. The topological polar surface area (TPSA) is 86.2 Å². The lowest BCUT2D eigenvalue weighted by atomic mass is 10.3. The molecule has 0 spiro atoms. The van der Waals surface area contributed by atoms with Crippen molar-refractivity contribution in [2.45, 2.75) is 28.9 Å². The number of primary sulfonamides is 1. The Morgan fingerprint density at radius 1 is 1.33 bits per heavy atom. The molecule has 4 nitrogen and oxygen atoms in total. The molecule has 0 radical (unpaired) electrons. The summed E-state index contributed by atoms with van der Waals surface area (Å²) in [7, 11) is -3.66. The van der Waals surface area contributed by atoms with Crippen molar-refractivity contribution in [3.05, 3.63) is 18.2 Å². The Labute approximate surface area is 94.1 Å². The number of hydrogen-bond acceptors (Lipinski definition) is 4. The van der Waals surface area contributed by atoms with Crippen LogP contribution < -0.4 is 10.9 Å². The highest BCUT2D eigenvalue weighted by molar-refractivity contribution is 8.00. The van der Waals surface area contributed by atoms with Crippen LogP contribution in [-0.2, 0) is 10.0 Å². The van der Waals surface area contributed by atoms with Crippen molar-refractivity contribution in [1.82, 2.24) is 0 Å². The lowest BCUT2D eigenvalue weighted by molar-refractivity contribution is 0.598. The number of nitrogens with two attached hydrogens (primary N) is 2. The third-order valence-electron chi connectivity index (χ3n) is 1.67. The number of hydrogen-bond donors (Lipinski definition) is 2. The zero-order valence-corrected chi connectivity index (χ0v) is 10.2. The van der Waals surface area contributed by atoms with E-state index < -0.39 is 10.0 Å². The molecule has 0 aromatic heterocycles. The molecule has 0 aliphatic rings. The van der Waals surface area contributed by atoms with Gasteiger partial charge in [0.15, 0.2) is 0 Å². The van der Waals surface area contributed by atoms with Crippen LogP contribution in [0.2, 0.25) is 0 Å². The number of thioether (sulfide) groups is 1. The van der Waals surface area contributed by atoms with E-state index in [1.807, 2.05) is 13.8 Å². The predicted octanol–water partition coefficient (Wildman–Crippen LogP) is 1.42. The van der Waals surface area contributed by atoms with Crippen molar-refractivity contribution in [1.29, 1.82) is 0 Å². The van der Waals surface area contributed by atoms with E-state index in [1.54, 1.807) is 17.8 Å². The van der Waals surface area contributed by atoms with Crippen molar-refractivity contribution in [2.24, 2.45) is 5.14 Å². The number of sulfonamides is 1. The zero-order chi connectivity index (χ0) is 11.6. The Balaban J connectivity index is 3.09. The van der Waals surface area contributed by atoms with E-state index in [1.165, 1.54) is 12.1 Å². The summed E-state index contributed by atoms with van der Waals surface area (Å²) in [6.07, 6.45) is 0. The van der Waals surface area contributed by atoms with Crippen LogP contribution in [0.5, 0.6) is 0 Å². The molecule has 0 heterocycles. The third kappa shape index (κ3) is 3.40. The Morgan fingerprint density at radius 3 is 2.33 bits per heavy atom. The molecule has 0 atom stereocenters. The Bertz CT molecular complexity index is 455. The number of rotatable bonds is 3. The van der Waals surface area contributed by atoms with Gasteiger partial charge >= 0.3 is 0 Å². The van der Waals surface area contributed by atoms with Crippen molar-refractivity contribution in [3.63, 3.8) is 0 Å². The highest BCUT2D eigenvalue weighted by atomic mass is 32.2. The second-order valence-electron chi connectivity index (χ2n) is 3.41. The molecular formula is C9H14N2O2S2. The van der Waals surface area contributed by atoms with Crippen molar-refractivity contribution in [2.75, 3.05) is 5.73 Å². The smallest absolute Gasteiger partial charge is 0.238 e. The van der Waals surface area contributed by atoms with Crippen LogP contribution in [0.1, 0.15) is 13.8 Å². The van der Waals surface area contributed by atoms with E-state index >= 15 is 0 Å². The summed E-state index contributed by atoms with van der Waals surface area (Å²) in [5, 5.41) is 5.38. The van der Waals surface area contributed by atoms with E-state index in [0.29, 0.717) is 10.9 Å². The van der Waals surface area contributed by atoms with Gasteiger partial charge in [-0.2, -0.15) is 0 Å². The summed E-state index contributed by atoms with van der Waals surface area (Å²) in [6.45, 7) is 4.08. The van der Waals surface area contributed by atoms with Gasteiger partial charge in [0.05, 0.1) is 4.90 Å². The van der Waals surface area contributed by atoms with Gasteiger partial charge < -0.3 is 5.73 Å². The van der Waals surface area contributed by atoms with Gasteiger partial charge in [-0.15, -0.1) is 11.8 Å². The third-order valence-corrected chi connectivity index (χ3v) is 3.68. The van der Waals surface area contributed by atoms with Crippen LogP contribution >= 0.6 is 11.8 Å². The highest BCUT2D eigenvalue weighted by Crippen LogP contribution is 2.29. The van der Waals surface area contributed by atoms with Gasteiger partial charge in [-0.1, -0.05) is 13.8 Å². The van der Waals surface area contributed by atoms with Gasteiger partial charge in [0.2, 0.25) is 10.0 Å². The number of benzene rings is 1. The minimum Gasteiger partial charge on any atom is -0.398 e. The second kappa shape index (κ2) is 4.42. The molecule has 0 fully saturated rings. The molecule has 1 aromatic rings. The average molecular weight is 246 g/mol. The summed E-state index contributed by atoms with van der Waals surface area (Å²) in [5.41, 5.74) is 6.17. The molecule has 4 N–H and O–H groups in total. The molecule has 0 unspecified atom stereocenters. The first-order valence-corrected chi connectivity index (χ1v) is 6.82. The van der Waals surface area contributed by atoms with Gasteiger partial charge in [-0.3, -0.25) is 0 Å². The number of anilines is 1. The summed E-state index contributed by atoms with van der Waals surface area (Å²) in [6, 6.07) is 4.54. The fourth-order valence-corrected chi connectivity index (χ4v) is 2.46. The minimum absolute atomic E-state index is 0.0492. The van der Waals surface area contributed by atoms with Gasteiger partial charge in [0.1, 0.15) is 0 Å². The standard InChI is InChI=1S/C9H14N2O2S2/c1-6(2)14-9-4-3-7(5-8(9)10)15(11,12)13/h3-6H,10H2,1-2H3,(H2,11,12,13). The molecular weight excluding hydrogens is 232 g/mol. The molecule has 1 aromatic carbocycles. The largest absolute Gasteiger partial charge is 0.398 e. The number of nitrogen functional groups attached to an aromatic ring is 1. The lowest BCUT2D eigenvalue weighted by Crippen LogP contribution is -2.12. The maximum Gasteiger partial charge on any atom is 0.238 e. The molecule has 0 aliphatic heterocycles. The average Bonchev–Trinajstić information content (AvgIpc) is 2.05. The summed E-state index contributed by atoms with van der Waals surface area (Å²) in [5.74, 6) is 0. The quantitative estimate of drug-likeness (QED) is 0.623. The molecule has 0 bridgehead atoms. The van der Waals surface area contributed by atoms with Gasteiger partial charge in [-0.05, 0) is 18.2 Å². The summed E-state index contributed by atoms with van der Waals surface area (Å²) >= 11 is 1.58. The Morgan fingerprint density at radius 2 is 1.93 bits per heavy atom. The maximum atomic E-state index is 11.0. The second-order valence-corrected chi connectivity index (χ2v) is 6.59. The molecule has 84 valence electrons. The van der Waals surface area contributed by atoms with E-state index in [4.69, 9.17) is 10.9 Å². The van der Waals surface area contributed by atoms with Crippen LogP contribution in [0, 0.1) is 0 Å². The van der Waals surface area contributed by atoms with Crippen LogP contribution in [-0.4, -0.2) is 13.7 Å². The Kier molecular flexibility index (Phi) is 3.64. The SMILES string of the molecule is CC(C)Sc1ccc(S(N)(=O)=O)cc1N. The first kappa shape index (κ1) is 12.4. The summed E-state index contributed by atoms with van der Waals surface area (Å²) in [4.78, 5) is 0.922. The lowest BCUT2D eigenvalue weighted by Gasteiger charge is -2.08. The van der Waals surface area contributed by atoms with Crippen LogP contribution in [0.25, 0.3) is 0 Å². The molecule has 0 amide bonds. The van der Waals surface area contributed by atoms with E-state index in [9.17, 15) is 8.42 Å². The van der Waals surface area contributed by atoms with Crippen LogP contribution in [0.4, 0.5) is 5.69 Å².